The number of ether oxygens (including phenoxy) is 1. The fourth-order valence-electron chi connectivity index (χ4n) is 2.38. The molecule has 2 heteroatoms. The van der Waals surface area contributed by atoms with Crippen molar-refractivity contribution >= 4 is 0 Å². The van der Waals surface area contributed by atoms with Crippen molar-refractivity contribution < 1.29 is 4.74 Å². The summed E-state index contributed by atoms with van der Waals surface area (Å²) in [7, 11) is 3.77. The third-order valence-corrected chi connectivity index (χ3v) is 3.37. The van der Waals surface area contributed by atoms with Crippen LogP contribution in [0.1, 0.15) is 38.2 Å². The average Bonchev–Trinajstić information content (AvgIpc) is 2.39. The molecule has 102 valence electrons. The van der Waals surface area contributed by atoms with Gasteiger partial charge in [-0.25, -0.2) is 0 Å². The summed E-state index contributed by atoms with van der Waals surface area (Å²) in [5.74, 6) is 1.69. The lowest BCUT2D eigenvalue weighted by molar-refractivity contribution is 0.411. The molecule has 1 rings (SSSR count). The van der Waals surface area contributed by atoms with Crippen LogP contribution in [-0.4, -0.2) is 20.7 Å². The van der Waals surface area contributed by atoms with Crippen molar-refractivity contribution in [2.24, 2.45) is 5.92 Å². The van der Waals surface area contributed by atoms with Crippen LogP contribution in [0.2, 0.25) is 0 Å². The second-order valence-corrected chi connectivity index (χ2v) is 4.98. The molecule has 1 aromatic rings. The monoisotopic (exact) mass is 249 g/mol. The Hall–Kier alpha value is -1.02. The summed E-state index contributed by atoms with van der Waals surface area (Å²) >= 11 is 0. The first-order valence-electron chi connectivity index (χ1n) is 7.07. The topological polar surface area (TPSA) is 21.3 Å². The Labute approximate surface area is 112 Å². The van der Waals surface area contributed by atoms with Crippen molar-refractivity contribution in [1.29, 1.82) is 0 Å². The van der Waals surface area contributed by atoms with Crippen LogP contribution in [0.25, 0.3) is 0 Å². The predicted molar refractivity (Wildman–Crippen MR) is 78.3 cm³/mol. The van der Waals surface area contributed by atoms with E-state index >= 15 is 0 Å². The van der Waals surface area contributed by atoms with Gasteiger partial charge < -0.3 is 10.1 Å². The molecule has 0 saturated heterocycles. The van der Waals surface area contributed by atoms with Crippen LogP contribution in [0.5, 0.6) is 5.75 Å². The van der Waals surface area contributed by atoms with E-state index in [9.17, 15) is 0 Å². The lowest BCUT2D eigenvalue weighted by Crippen LogP contribution is -2.20. The minimum Gasteiger partial charge on any atom is -0.497 e. The van der Waals surface area contributed by atoms with Gasteiger partial charge in [0.2, 0.25) is 0 Å². The van der Waals surface area contributed by atoms with Crippen LogP contribution in [0.3, 0.4) is 0 Å². The summed E-state index contributed by atoms with van der Waals surface area (Å²) in [6.07, 6.45) is 6.43. The molecule has 0 aliphatic rings. The number of rotatable bonds is 9. The molecule has 0 bridgehead atoms. The molecule has 1 aromatic carbocycles. The maximum absolute atomic E-state index is 5.28. The number of nitrogens with one attached hydrogen (secondary N) is 1. The molecule has 2 nitrogen and oxygen atoms in total. The minimum absolute atomic E-state index is 0.730. The van der Waals surface area contributed by atoms with Gasteiger partial charge in [-0.3, -0.25) is 0 Å². The van der Waals surface area contributed by atoms with Crippen LogP contribution in [0, 0.1) is 5.92 Å². The van der Waals surface area contributed by atoms with E-state index in [0.29, 0.717) is 0 Å². The van der Waals surface area contributed by atoms with Gasteiger partial charge in [-0.2, -0.15) is 0 Å². The lowest BCUT2D eigenvalue weighted by Gasteiger charge is -2.16. The van der Waals surface area contributed by atoms with Crippen molar-refractivity contribution in [3.8, 4) is 5.75 Å². The fourth-order valence-corrected chi connectivity index (χ4v) is 2.38. The van der Waals surface area contributed by atoms with Crippen LogP contribution >= 0.6 is 0 Å². The Balaban J connectivity index is 2.52. The Morgan fingerprint density at radius 1 is 1.28 bits per heavy atom. The summed E-state index contributed by atoms with van der Waals surface area (Å²) in [4.78, 5) is 0. The van der Waals surface area contributed by atoms with Gasteiger partial charge >= 0.3 is 0 Å². The van der Waals surface area contributed by atoms with E-state index in [-0.39, 0.29) is 0 Å². The van der Waals surface area contributed by atoms with E-state index in [2.05, 4.69) is 30.4 Å². The molecule has 0 aromatic heterocycles. The Bertz CT molecular complexity index is 325. The molecule has 0 radical (unpaired) electrons. The Morgan fingerprint density at radius 2 is 2.11 bits per heavy atom. The molecule has 0 aliphatic carbocycles. The van der Waals surface area contributed by atoms with E-state index < -0.39 is 0 Å². The highest BCUT2D eigenvalue weighted by Crippen LogP contribution is 2.19. The molecule has 1 N–H and O–H groups in total. The first-order valence-corrected chi connectivity index (χ1v) is 7.07. The zero-order valence-electron chi connectivity index (χ0n) is 12.0. The van der Waals surface area contributed by atoms with Crippen LogP contribution in [-0.2, 0) is 6.42 Å². The van der Waals surface area contributed by atoms with E-state index in [4.69, 9.17) is 4.74 Å². The van der Waals surface area contributed by atoms with Gasteiger partial charge in [0.1, 0.15) is 5.75 Å². The highest BCUT2D eigenvalue weighted by atomic mass is 16.5. The number of hydrogen-bond donors (Lipinski definition) is 1. The molecule has 1 unspecified atom stereocenters. The number of methoxy groups -OCH3 is 1. The van der Waals surface area contributed by atoms with Gasteiger partial charge in [0.05, 0.1) is 7.11 Å². The SMILES string of the molecule is CCCCCC(CNC)Cc1cccc(OC)c1. The molecular weight excluding hydrogens is 222 g/mol. The minimum atomic E-state index is 0.730. The summed E-state index contributed by atoms with van der Waals surface area (Å²) in [6.45, 7) is 3.36. The predicted octanol–water partition coefficient (Wildman–Crippen LogP) is 3.65. The zero-order chi connectivity index (χ0) is 13.2. The number of unbranched alkanes of at least 4 members (excludes halogenated alkanes) is 2. The molecule has 0 spiro atoms. The normalized spacial score (nSPS) is 12.4. The third-order valence-electron chi connectivity index (χ3n) is 3.37. The van der Waals surface area contributed by atoms with Crippen molar-refractivity contribution in [2.45, 2.75) is 39.0 Å². The highest BCUT2D eigenvalue weighted by molar-refractivity contribution is 5.28. The Morgan fingerprint density at radius 3 is 2.78 bits per heavy atom. The summed E-state index contributed by atoms with van der Waals surface area (Å²) in [5, 5.41) is 3.31. The van der Waals surface area contributed by atoms with Crippen molar-refractivity contribution in [2.75, 3.05) is 20.7 Å². The van der Waals surface area contributed by atoms with Crippen LogP contribution in [0.15, 0.2) is 24.3 Å². The molecule has 0 aliphatic heterocycles. The van der Waals surface area contributed by atoms with Crippen LogP contribution < -0.4 is 10.1 Å². The quantitative estimate of drug-likeness (QED) is 0.674. The molecule has 18 heavy (non-hydrogen) atoms. The van der Waals surface area contributed by atoms with Crippen molar-refractivity contribution in [1.82, 2.24) is 5.32 Å². The maximum atomic E-state index is 5.28. The van der Waals surface area contributed by atoms with Gasteiger partial charge in [-0.05, 0) is 50.0 Å². The van der Waals surface area contributed by atoms with Gasteiger partial charge in [0.15, 0.2) is 0 Å². The lowest BCUT2D eigenvalue weighted by atomic mass is 9.93. The summed E-state index contributed by atoms with van der Waals surface area (Å²) in [5.41, 5.74) is 1.38. The first-order chi connectivity index (χ1) is 8.80. The van der Waals surface area contributed by atoms with E-state index in [0.717, 1.165) is 24.6 Å². The Kier molecular flexibility index (Phi) is 7.51. The van der Waals surface area contributed by atoms with Gasteiger partial charge in [0, 0.05) is 0 Å². The summed E-state index contributed by atoms with van der Waals surface area (Å²) in [6, 6.07) is 8.44. The molecule has 0 saturated carbocycles. The molecule has 0 amide bonds. The second-order valence-electron chi connectivity index (χ2n) is 4.98. The molecule has 1 atom stereocenters. The fraction of sp³-hybridized carbons (Fsp3) is 0.625. The molecule has 0 fully saturated rings. The summed E-state index contributed by atoms with van der Waals surface area (Å²) < 4.78 is 5.28. The van der Waals surface area contributed by atoms with Crippen molar-refractivity contribution in [3.63, 3.8) is 0 Å². The van der Waals surface area contributed by atoms with E-state index in [1.807, 2.05) is 13.1 Å². The standard InChI is InChI=1S/C16H27NO/c1-4-5-6-8-15(13-17-2)11-14-9-7-10-16(12-14)18-3/h7,9-10,12,15,17H,4-6,8,11,13H2,1-3H3. The third kappa shape index (κ3) is 5.54. The van der Waals surface area contributed by atoms with Crippen LogP contribution in [0.4, 0.5) is 0 Å². The molecular formula is C16H27NO. The second kappa shape index (κ2) is 8.98. The van der Waals surface area contributed by atoms with E-state index in [1.54, 1.807) is 7.11 Å². The number of hydrogen-bond acceptors (Lipinski definition) is 2. The molecule has 0 heterocycles. The zero-order valence-corrected chi connectivity index (χ0v) is 12.0. The average molecular weight is 249 g/mol. The van der Waals surface area contributed by atoms with Gasteiger partial charge in [0.25, 0.3) is 0 Å². The first kappa shape index (κ1) is 15.0. The number of benzene rings is 1. The van der Waals surface area contributed by atoms with E-state index in [1.165, 1.54) is 31.2 Å². The van der Waals surface area contributed by atoms with Crippen molar-refractivity contribution in [3.05, 3.63) is 29.8 Å². The highest BCUT2D eigenvalue weighted by Gasteiger charge is 2.09. The maximum Gasteiger partial charge on any atom is 0.119 e. The largest absolute Gasteiger partial charge is 0.497 e. The smallest absolute Gasteiger partial charge is 0.119 e. The van der Waals surface area contributed by atoms with Gasteiger partial charge in [-0.15, -0.1) is 0 Å². The van der Waals surface area contributed by atoms with Gasteiger partial charge in [-0.1, -0.05) is 38.3 Å².